The van der Waals surface area contributed by atoms with E-state index in [4.69, 9.17) is 5.26 Å². The molecular formula is C8H8Cl3NO. The van der Waals surface area contributed by atoms with Crippen LogP contribution in [0.5, 0.6) is 0 Å². The number of aldehydes is 1. The molecule has 5 heteroatoms. The summed E-state index contributed by atoms with van der Waals surface area (Å²) in [5.41, 5.74) is 1.17. The molecule has 0 fully saturated rings. The van der Waals surface area contributed by atoms with Crippen molar-refractivity contribution in [1.29, 1.82) is 5.26 Å². The quantitative estimate of drug-likeness (QED) is 0.708. The van der Waals surface area contributed by atoms with Crippen LogP contribution in [0.3, 0.4) is 0 Å². The molecule has 1 rings (SSSR count). The molecule has 2 nitrogen and oxygen atoms in total. The van der Waals surface area contributed by atoms with Gasteiger partial charge >= 0.3 is 0 Å². The maximum absolute atomic E-state index is 10.1. The van der Waals surface area contributed by atoms with E-state index in [1.165, 1.54) is 0 Å². The van der Waals surface area contributed by atoms with Crippen LogP contribution in [0.4, 0.5) is 0 Å². The number of nitriles is 1. The van der Waals surface area contributed by atoms with Gasteiger partial charge in [-0.2, -0.15) is 5.26 Å². The third-order valence-corrected chi connectivity index (χ3v) is 1.18. The van der Waals surface area contributed by atoms with E-state index in [9.17, 15) is 4.79 Å². The Morgan fingerprint density at radius 3 is 1.85 bits per heavy atom. The molecule has 0 N–H and O–H groups in total. The summed E-state index contributed by atoms with van der Waals surface area (Å²) >= 11 is 0. The van der Waals surface area contributed by atoms with Crippen LogP contribution in [0.25, 0.3) is 0 Å². The number of hydrogen-bond acceptors (Lipinski definition) is 2. The Kier molecular flexibility index (Phi) is 13.0. The van der Waals surface area contributed by atoms with E-state index in [2.05, 4.69) is 0 Å². The summed E-state index contributed by atoms with van der Waals surface area (Å²) in [5, 5.41) is 8.36. The standard InChI is InChI=1S/C8H5NO.3ClH/c9-5-7-1-3-8(6-10)4-2-7;;;/h1-4,6H;3*1H. The van der Waals surface area contributed by atoms with E-state index in [1.54, 1.807) is 24.3 Å². The number of halogens is 3. The Morgan fingerprint density at radius 1 is 1.08 bits per heavy atom. The highest BCUT2D eigenvalue weighted by Gasteiger charge is 1.88. The monoisotopic (exact) mass is 239 g/mol. The van der Waals surface area contributed by atoms with Crippen molar-refractivity contribution in [2.24, 2.45) is 0 Å². The molecule has 0 saturated carbocycles. The van der Waals surface area contributed by atoms with Crippen molar-refractivity contribution >= 4 is 43.5 Å². The van der Waals surface area contributed by atoms with E-state index in [0.717, 1.165) is 6.29 Å². The Morgan fingerprint density at radius 2 is 1.54 bits per heavy atom. The minimum absolute atomic E-state index is 0. The second kappa shape index (κ2) is 9.34. The molecule has 1 aromatic rings. The van der Waals surface area contributed by atoms with Gasteiger partial charge < -0.3 is 0 Å². The fraction of sp³-hybridized carbons (Fsp3) is 0. The lowest BCUT2D eigenvalue weighted by Gasteiger charge is -1.87. The summed E-state index contributed by atoms with van der Waals surface area (Å²) in [6.45, 7) is 0. The Bertz CT molecular complexity index is 278. The molecule has 0 aliphatic rings. The molecule has 0 aromatic heterocycles. The molecule has 0 radical (unpaired) electrons. The molecule has 0 saturated heterocycles. The van der Waals surface area contributed by atoms with Gasteiger partial charge in [-0.15, -0.1) is 37.2 Å². The number of nitrogens with zero attached hydrogens (tertiary/aromatic N) is 1. The zero-order valence-electron chi connectivity index (χ0n) is 6.47. The van der Waals surface area contributed by atoms with Crippen molar-refractivity contribution in [2.75, 3.05) is 0 Å². The van der Waals surface area contributed by atoms with Crippen molar-refractivity contribution in [3.63, 3.8) is 0 Å². The van der Waals surface area contributed by atoms with Gasteiger partial charge in [0.15, 0.2) is 0 Å². The Labute approximate surface area is 95.2 Å². The number of carbonyl (C=O) groups is 1. The van der Waals surface area contributed by atoms with Crippen molar-refractivity contribution in [3.8, 4) is 6.07 Å². The van der Waals surface area contributed by atoms with E-state index < -0.39 is 0 Å². The molecule has 0 heterocycles. The minimum atomic E-state index is 0. The highest BCUT2D eigenvalue weighted by molar-refractivity contribution is 5.86. The summed E-state index contributed by atoms with van der Waals surface area (Å²) in [7, 11) is 0. The molecule has 0 atom stereocenters. The molecule has 0 bridgehead atoms. The van der Waals surface area contributed by atoms with Crippen LogP contribution in [0.2, 0.25) is 0 Å². The van der Waals surface area contributed by atoms with E-state index in [0.29, 0.717) is 11.1 Å². The summed E-state index contributed by atoms with van der Waals surface area (Å²) in [6, 6.07) is 8.43. The maximum atomic E-state index is 10.1. The zero-order valence-corrected chi connectivity index (χ0v) is 8.92. The van der Waals surface area contributed by atoms with Gasteiger partial charge in [0.2, 0.25) is 0 Å². The Balaban J connectivity index is -0.000000333. The normalized spacial score (nSPS) is 6.38. The summed E-state index contributed by atoms with van der Waals surface area (Å²) < 4.78 is 0. The lowest BCUT2D eigenvalue weighted by atomic mass is 10.2. The van der Waals surface area contributed by atoms with Crippen LogP contribution in [0.15, 0.2) is 24.3 Å². The van der Waals surface area contributed by atoms with Gasteiger partial charge in [0.1, 0.15) is 6.29 Å². The van der Waals surface area contributed by atoms with Gasteiger partial charge in [0.05, 0.1) is 11.6 Å². The number of carbonyl (C=O) groups excluding carboxylic acids is 1. The average Bonchev–Trinajstić information content (AvgIpc) is 2.05. The largest absolute Gasteiger partial charge is 0.298 e. The Hall–Kier alpha value is -0.750. The highest BCUT2D eigenvalue weighted by atomic mass is 35.5. The van der Waals surface area contributed by atoms with Crippen molar-refractivity contribution in [1.82, 2.24) is 0 Å². The van der Waals surface area contributed by atoms with Crippen molar-refractivity contribution < 1.29 is 4.79 Å². The van der Waals surface area contributed by atoms with Gasteiger partial charge in [-0.25, -0.2) is 0 Å². The van der Waals surface area contributed by atoms with Crippen LogP contribution in [0, 0.1) is 11.3 Å². The van der Waals surface area contributed by atoms with E-state index in [-0.39, 0.29) is 37.2 Å². The molecule has 13 heavy (non-hydrogen) atoms. The topological polar surface area (TPSA) is 40.9 Å². The van der Waals surface area contributed by atoms with Crippen LogP contribution in [-0.4, -0.2) is 6.29 Å². The van der Waals surface area contributed by atoms with Gasteiger partial charge in [-0.3, -0.25) is 4.79 Å². The fourth-order valence-corrected chi connectivity index (χ4v) is 0.636. The third kappa shape index (κ3) is 5.48. The van der Waals surface area contributed by atoms with Crippen LogP contribution >= 0.6 is 37.2 Å². The molecule has 1 aromatic carbocycles. The summed E-state index contributed by atoms with van der Waals surface area (Å²) in [5.74, 6) is 0. The molecule has 0 amide bonds. The first-order valence-electron chi connectivity index (χ1n) is 2.82. The predicted molar refractivity (Wildman–Crippen MR) is 58.3 cm³/mol. The molecule has 0 unspecified atom stereocenters. The van der Waals surface area contributed by atoms with Gasteiger partial charge in [-0.05, 0) is 12.1 Å². The minimum Gasteiger partial charge on any atom is -0.298 e. The molecule has 0 spiro atoms. The number of hydrogen-bond donors (Lipinski definition) is 0. The molecule has 0 aliphatic heterocycles. The highest BCUT2D eigenvalue weighted by Crippen LogP contribution is 1.99. The lowest BCUT2D eigenvalue weighted by molar-refractivity contribution is 0.112. The first-order chi connectivity index (χ1) is 4.86. The van der Waals surface area contributed by atoms with Crippen LogP contribution < -0.4 is 0 Å². The van der Waals surface area contributed by atoms with Gasteiger partial charge in [-0.1, -0.05) is 12.1 Å². The third-order valence-electron chi connectivity index (χ3n) is 1.18. The average molecular weight is 241 g/mol. The molecular weight excluding hydrogens is 232 g/mol. The van der Waals surface area contributed by atoms with Crippen molar-refractivity contribution in [3.05, 3.63) is 35.4 Å². The summed E-state index contributed by atoms with van der Waals surface area (Å²) in [4.78, 5) is 10.1. The fourth-order valence-electron chi connectivity index (χ4n) is 0.636. The number of rotatable bonds is 1. The van der Waals surface area contributed by atoms with Gasteiger partial charge in [0, 0.05) is 5.56 Å². The summed E-state index contributed by atoms with van der Waals surface area (Å²) in [6.07, 6.45) is 0.751. The maximum Gasteiger partial charge on any atom is 0.150 e. The predicted octanol–water partition coefficient (Wildman–Crippen LogP) is 2.64. The zero-order chi connectivity index (χ0) is 7.40. The first-order valence-corrected chi connectivity index (χ1v) is 2.82. The van der Waals surface area contributed by atoms with E-state index >= 15 is 0 Å². The van der Waals surface area contributed by atoms with Crippen LogP contribution in [-0.2, 0) is 0 Å². The number of benzene rings is 1. The molecule has 72 valence electrons. The van der Waals surface area contributed by atoms with Crippen molar-refractivity contribution in [2.45, 2.75) is 0 Å². The molecule has 0 aliphatic carbocycles. The van der Waals surface area contributed by atoms with Gasteiger partial charge in [0.25, 0.3) is 0 Å². The second-order valence-electron chi connectivity index (χ2n) is 1.85. The van der Waals surface area contributed by atoms with E-state index in [1.807, 2.05) is 6.07 Å². The first kappa shape index (κ1) is 18.1. The second-order valence-corrected chi connectivity index (χ2v) is 1.85. The van der Waals surface area contributed by atoms with Crippen LogP contribution in [0.1, 0.15) is 15.9 Å². The SMILES string of the molecule is Cl.Cl.Cl.N#Cc1ccc(C=O)cc1. The lowest BCUT2D eigenvalue weighted by Crippen LogP contribution is -1.78. The smallest absolute Gasteiger partial charge is 0.150 e.